The van der Waals surface area contributed by atoms with Gasteiger partial charge in [-0.25, -0.2) is 0 Å². The van der Waals surface area contributed by atoms with E-state index in [-0.39, 0.29) is 6.54 Å². The Bertz CT molecular complexity index is 593. The normalized spacial score (nSPS) is 16.8. The maximum atomic E-state index is 12.9. The Hall–Kier alpha value is -1.87. The van der Waals surface area contributed by atoms with Crippen LogP contribution in [0.1, 0.15) is 22.3 Å². The highest BCUT2D eigenvalue weighted by molar-refractivity contribution is 5.95. The number of alkyl halides is 3. The second-order valence-electron chi connectivity index (χ2n) is 5.19. The molecule has 9 heteroatoms. The number of carbonyl (C=O) groups is 1. The number of hydrogen-bond acceptors (Lipinski definition) is 4. The molecule has 0 spiro atoms. The maximum Gasteiger partial charge on any atom is 0.417 e. The van der Waals surface area contributed by atoms with Crippen molar-refractivity contribution in [2.45, 2.75) is 12.6 Å². The minimum atomic E-state index is -4.76. The van der Waals surface area contributed by atoms with Gasteiger partial charge in [0.2, 0.25) is 5.56 Å². The van der Waals surface area contributed by atoms with Crippen LogP contribution in [0.15, 0.2) is 17.1 Å². The molecule has 0 aromatic carbocycles. The van der Waals surface area contributed by atoms with Gasteiger partial charge >= 0.3 is 6.18 Å². The van der Waals surface area contributed by atoms with Crippen molar-refractivity contribution in [1.29, 1.82) is 0 Å². The quantitative estimate of drug-likeness (QED) is 0.857. The lowest BCUT2D eigenvalue weighted by Crippen LogP contribution is -2.37. The van der Waals surface area contributed by atoms with E-state index >= 15 is 0 Å². The van der Waals surface area contributed by atoms with E-state index in [1.54, 1.807) is 0 Å². The molecule has 0 radical (unpaired) electrons. The molecule has 128 valence electrons. The van der Waals surface area contributed by atoms with Crippen molar-refractivity contribution in [3.8, 4) is 0 Å². The molecule has 1 saturated heterocycles. The Morgan fingerprint density at radius 3 is 2.87 bits per heavy atom. The smallest absolute Gasteiger partial charge is 0.380 e. The van der Waals surface area contributed by atoms with Crippen LogP contribution in [-0.2, 0) is 10.9 Å². The molecule has 6 nitrogen and oxygen atoms in total. The molecule has 1 aromatic heterocycles. The number of carbonyl (C=O) groups excluding carboxylic acids is 1. The third kappa shape index (κ3) is 5.07. The van der Waals surface area contributed by atoms with Crippen LogP contribution in [0.25, 0.3) is 0 Å². The first-order chi connectivity index (χ1) is 10.9. The summed E-state index contributed by atoms with van der Waals surface area (Å²) in [6.07, 6.45) is -3.09. The average Bonchev–Trinajstić information content (AvgIpc) is 2.75. The fraction of sp³-hybridized carbons (Fsp3) is 0.571. The molecule has 1 fully saturated rings. The van der Waals surface area contributed by atoms with Crippen LogP contribution in [0.5, 0.6) is 0 Å². The lowest BCUT2D eigenvalue weighted by molar-refractivity contribution is -0.138. The first-order valence-corrected chi connectivity index (χ1v) is 7.26. The SMILES string of the molecule is O=C(NCCN1CCCOCC1)c1c[nH]c(=O)cc1C(F)(F)F. The number of amides is 1. The van der Waals surface area contributed by atoms with Gasteiger partial charge in [0.25, 0.3) is 5.91 Å². The Labute approximate surface area is 130 Å². The van der Waals surface area contributed by atoms with E-state index in [4.69, 9.17) is 4.74 Å². The monoisotopic (exact) mass is 333 g/mol. The summed E-state index contributed by atoms with van der Waals surface area (Å²) >= 11 is 0. The van der Waals surface area contributed by atoms with Gasteiger partial charge in [-0.15, -0.1) is 0 Å². The first kappa shape index (κ1) is 17.5. The van der Waals surface area contributed by atoms with E-state index in [9.17, 15) is 22.8 Å². The van der Waals surface area contributed by atoms with Crippen LogP contribution in [0.2, 0.25) is 0 Å². The van der Waals surface area contributed by atoms with Crippen LogP contribution in [0.3, 0.4) is 0 Å². The Balaban J connectivity index is 1.96. The fourth-order valence-electron chi connectivity index (χ4n) is 2.34. The maximum absolute atomic E-state index is 12.9. The fourth-order valence-corrected chi connectivity index (χ4v) is 2.34. The van der Waals surface area contributed by atoms with E-state index in [0.717, 1.165) is 25.7 Å². The zero-order chi connectivity index (χ0) is 16.9. The highest BCUT2D eigenvalue weighted by Crippen LogP contribution is 2.30. The second-order valence-corrected chi connectivity index (χ2v) is 5.19. The number of halogens is 3. The lowest BCUT2D eigenvalue weighted by Gasteiger charge is -2.19. The number of aromatic amines is 1. The van der Waals surface area contributed by atoms with Gasteiger partial charge in [-0.2, -0.15) is 13.2 Å². The van der Waals surface area contributed by atoms with Crippen molar-refractivity contribution in [1.82, 2.24) is 15.2 Å². The van der Waals surface area contributed by atoms with Crippen molar-refractivity contribution < 1.29 is 22.7 Å². The molecular weight excluding hydrogens is 315 g/mol. The van der Waals surface area contributed by atoms with Gasteiger partial charge in [0, 0.05) is 45.0 Å². The Morgan fingerprint density at radius 2 is 2.13 bits per heavy atom. The topological polar surface area (TPSA) is 74.4 Å². The van der Waals surface area contributed by atoms with Crippen LogP contribution >= 0.6 is 0 Å². The number of pyridine rings is 1. The summed E-state index contributed by atoms with van der Waals surface area (Å²) in [7, 11) is 0. The third-order valence-electron chi connectivity index (χ3n) is 3.50. The molecule has 2 heterocycles. The summed E-state index contributed by atoms with van der Waals surface area (Å²) < 4.78 is 44.0. The minimum absolute atomic E-state index is 0.218. The van der Waals surface area contributed by atoms with Crippen molar-refractivity contribution in [3.63, 3.8) is 0 Å². The van der Waals surface area contributed by atoms with E-state index in [0.29, 0.717) is 25.8 Å². The molecule has 1 aromatic rings. The molecule has 1 aliphatic heterocycles. The number of nitrogens with zero attached hydrogens (tertiary/aromatic N) is 1. The summed E-state index contributed by atoms with van der Waals surface area (Å²) in [5.41, 5.74) is -2.73. The predicted octanol–water partition coefficient (Wildman–Crippen LogP) is 0.846. The van der Waals surface area contributed by atoms with Gasteiger partial charge in [0.1, 0.15) is 0 Å². The van der Waals surface area contributed by atoms with Crippen LogP contribution in [0, 0.1) is 0 Å². The molecule has 0 unspecified atom stereocenters. The molecule has 0 aliphatic carbocycles. The summed E-state index contributed by atoms with van der Waals surface area (Å²) in [5, 5.41) is 2.46. The Morgan fingerprint density at radius 1 is 1.35 bits per heavy atom. The molecule has 0 atom stereocenters. The number of hydrogen-bond donors (Lipinski definition) is 2. The molecule has 1 aliphatic rings. The summed E-state index contributed by atoms with van der Waals surface area (Å²) in [5.74, 6) is -0.861. The van der Waals surface area contributed by atoms with Gasteiger partial charge in [0.15, 0.2) is 0 Å². The lowest BCUT2D eigenvalue weighted by atomic mass is 10.1. The van der Waals surface area contributed by atoms with Crippen molar-refractivity contribution >= 4 is 5.91 Å². The standard InChI is InChI=1S/C14H18F3N3O3/c15-14(16,17)11-8-12(21)19-9-10(11)13(22)18-2-4-20-3-1-6-23-7-5-20/h8-9H,1-7H2,(H,18,22)(H,19,21). The second kappa shape index (κ2) is 7.60. The van der Waals surface area contributed by atoms with Crippen LogP contribution in [-0.4, -0.2) is 55.2 Å². The molecule has 23 heavy (non-hydrogen) atoms. The van der Waals surface area contributed by atoms with Crippen LogP contribution < -0.4 is 10.9 Å². The Kier molecular flexibility index (Phi) is 5.78. The number of rotatable bonds is 4. The van der Waals surface area contributed by atoms with Gasteiger partial charge in [-0.1, -0.05) is 0 Å². The van der Waals surface area contributed by atoms with E-state index in [1.165, 1.54) is 0 Å². The van der Waals surface area contributed by atoms with E-state index in [2.05, 4.69) is 15.2 Å². The molecule has 2 rings (SSSR count). The summed E-state index contributed by atoms with van der Waals surface area (Å²) in [6, 6.07) is 0.390. The van der Waals surface area contributed by atoms with Crippen molar-refractivity contribution in [3.05, 3.63) is 33.7 Å². The highest BCUT2D eigenvalue weighted by Gasteiger charge is 2.35. The predicted molar refractivity (Wildman–Crippen MR) is 76.3 cm³/mol. The molecule has 1 amide bonds. The number of H-pyrrole nitrogens is 1. The first-order valence-electron chi connectivity index (χ1n) is 7.26. The van der Waals surface area contributed by atoms with E-state index in [1.807, 2.05) is 0 Å². The molecular formula is C14H18F3N3O3. The summed E-state index contributed by atoms with van der Waals surface area (Å²) in [4.78, 5) is 27.2. The van der Waals surface area contributed by atoms with Gasteiger partial charge in [-0.05, 0) is 6.42 Å². The van der Waals surface area contributed by atoms with E-state index < -0.39 is 28.8 Å². The highest BCUT2D eigenvalue weighted by atomic mass is 19.4. The van der Waals surface area contributed by atoms with Gasteiger partial charge < -0.3 is 15.0 Å². The molecule has 0 bridgehead atoms. The summed E-state index contributed by atoms with van der Waals surface area (Å²) in [6.45, 7) is 3.58. The zero-order valence-electron chi connectivity index (χ0n) is 12.4. The van der Waals surface area contributed by atoms with Gasteiger partial charge in [0.05, 0.1) is 17.7 Å². The van der Waals surface area contributed by atoms with Gasteiger partial charge in [-0.3, -0.25) is 14.5 Å². The number of nitrogens with one attached hydrogen (secondary N) is 2. The number of ether oxygens (including phenoxy) is 1. The average molecular weight is 333 g/mol. The van der Waals surface area contributed by atoms with Crippen molar-refractivity contribution in [2.75, 3.05) is 39.4 Å². The molecule has 0 saturated carbocycles. The minimum Gasteiger partial charge on any atom is -0.380 e. The van der Waals surface area contributed by atoms with Crippen LogP contribution in [0.4, 0.5) is 13.2 Å². The number of aromatic nitrogens is 1. The largest absolute Gasteiger partial charge is 0.417 e. The zero-order valence-corrected chi connectivity index (χ0v) is 12.4. The third-order valence-corrected chi connectivity index (χ3v) is 3.50. The van der Waals surface area contributed by atoms with Crippen molar-refractivity contribution in [2.24, 2.45) is 0 Å². The molecule has 2 N–H and O–H groups in total.